The van der Waals surface area contributed by atoms with E-state index < -0.39 is 5.97 Å². The van der Waals surface area contributed by atoms with Crippen LogP contribution in [0.25, 0.3) is 0 Å². The van der Waals surface area contributed by atoms with Crippen LogP contribution in [0.3, 0.4) is 0 Å². The molecule has 1 atom stereocenters. The van der Waals surface area contributed by atoms with Crippen LogP contribution in [0, 0.1) is 0 Å². The molecule has 1 aromatic rings. The number of aromatic nitrogens is 2. The van der Waals surface area contributed by atoms with Crippen molar-refractivity contribution in [2.75, 3.05) is 7.11 Å². The smallest absolute Gasteiger partial charge is 0.358 e. The fourth-order valence-corrected chi connectivity index (χ4v) is 1.11. The van der Waals surface area contributed by atoms with E-state index in [0.717, 1.165) is 5.69 Å². The van der Waals surface area contributed by atoms with Gasteiger partial charge in [0, 0.05) is 13.1 Å². The van der Waals surface area contributed by atoms with Gasteiger partial charge in [0.05, 0.1) is 12.8 Å². The summed E-state index contributed by atoms with van der Waals surface area (Å²) in [5.41, 5.74) is 6.75. The van der Waals surface area contributed by atoms with E-state index in [2.05, 4.69) is 9.84 Å². The van der Waals surface area contributed by atoms with Gasteiger partial charge >= 0.3 is 5.97 Å². The predicted octanol–water partition coefficient (Wildman–Crippen LogP) is 0.226. The predicted molar refractivity (Wildman–Crippen MR) is 47.1 cm³/mol. The highest BCUT2D eigenvalue weighted by Gasteiger charge is 2.14. The lowest BCUT2D eigenvalue weighted by molar-refractivity contribution is 0.0593. The number of hydrogen-bond acceptors (Lipinski definition) is 4. The molecular weight excluding hydrogens is 170 g/mol. The monoisotopic (exact) mass is 183 g/mol. The van der Waals surface area contributed by atoms with Gasteiger partial charge in [-0.15, -0.1) is 0 Å². The van der Waals surface area contributed by atoms with E-state index in [0.29, 0.717) is 0 Å². The summed E-state index contributed by atoms with van der Waals surface area (Å²) in [5.74, 6) is -0.442. The molecule has 5 nitrogen and oxygen atoms in total. The van der Waals surface area contributed by atoms with E-state index in [-0.39, 0.29) is 11.7 Å². The Hall–Kier alpha value is -1.36. The molecule has 0 radical (unpaired) electrons. The quantitative estimate of drug-likeness (QED) is 0.666. The summed E-state index contributed by atoms with van der Waals surface area (Å²) < 4.78 is 6.11. The summed E-state index contributed by atoms with van der Waals surface area (Å²) >= 11 is 0. The number of esters is 1. The number of carbonyl (C=O) groups is 1. The van der Waals surface area contributed by atoms with E-state index >= 15 is 0 Å². The topological polar surface area (TPSA) is 70.1 Å². The van der Waals surface area contributed by atoms with Crippen LogP contribution in [0.4, 0.5) is 0 Å². The molecule has 2 N–H and O–H groups in total. The van der Waals surface area contributed by atoms with Crippen LogP contribution >= 0.6 is 0 Å². The molecule has 13 heavy (non-hydrogen) atoms. The van der Waals surface area contributed by atoms with Gasteiger partial charge in [0.2, 0.25) is 0 Å². The second-order valence-electron chi connectivity index (χ2n) is 2.86. The molecule has 0 aliphatic heterocycles. The lowest BCUT2D eigenvalue weighted by atomic mass is 10.2. The van der Waals surface area contributed by atoms with Gasteiger partial charge in [-0.2, -0.15) is 5.10 Å². The first kappa shape index (κ1) is 9.73. The average Bonchev–Trinajstić information content (AvgIpc) is 2.46. The largest absolute Gasteiger partial charge is 0.464 e. The minimum atomic E-state index is -0.442. The molecule has 0 aliphatic rings. The summed E-state index contributed by atoms with van der Waals surface area (Å²) in [4.78, 5) is 11.1. The van der Waals surface area contributed by atoms with Gasteiger partial charge in [-0.1, -0.05) is 0 Å². The number of methoxy groups -OCH3 is 1. The van der Waals surface area contributed by atoms with E-state index in [4.69, 9.17) is 5.73 Å². The van der Waals surface area contributed by atoms with Crippen LogP contribution in [0.1, 0.15) is 29.1 Å². The first-order valence-corrected chi connectivity index (χ1v) is 3.94. The van der Waals surface area contributed by atoms with Crippen molar-refractivity contribution in [1.82, 2.24) is 9.78 Å². The second-order valence-corrected chi connectivity index (χ2v) is 2.86. The fourth-order valence-electron chi connectivity index (χ4n) is 1.11. The maximum Gasteiger partial charge on any atom is 0.358 e. The van der Waals surface area contributed by atoms with Gasteiger partial charge in [-0.3, -0.25) is 4.68 Å². The third-order valence-corrected chi connectivity index (χ3v) is 1.78. The van der Waals surface area contributed by atoms with Gasteiger partial charge in [0.25, 0.3) is 0 Å². The molecular formula is C8H13N3O2. The SMILES string of the molecule is COC(=O)c1cc([C@@H](C)N)n(C)n1. The summed E-state index contributed by atoms with van der Waals surface area (Å²) in [7, 11) is 3.06. The summed E-state index contributed by atoms with van der Waals surface area (Å²) in [5, 5.41) is 3.96. The molecule has 0 amide bonds. The van der Waals surface area contributed by atoms with Crippen LogP contribution in [-0.2, 0) is 11.8 Å². The van der Waals surface area contributed by atoms with Crippen molar-refractivity contribution < 1.29 is 9.53 Å². The molecule has 0 unspecified atom stereocenters. The van der Waals surface area contributed by atoms with Crippen molar-refractivity contribution in [1.29, 1.82) is 0 Å². The number of rotatable bonds is 2. The third-order valence-electron chi connectivity index (χ3n) is 1.78. The van der Waals surface area contributed by atoms with Crippen molar-refractivity contribution in [2.24, 2.45) is 12.8 Å². The number of carbonyl (C=O) groups excluding carboxylic acids is 1. The molecule has 1 heterocycles. The summed E-state index contributed by atoms with van der Waals surface area (Å²) in [6.07, 6.45) is 0. The first-order chi connectivity index (χ1) is 6.06. The zero-order chi connectivity index (χ0) is 10.0. The molecule has 0 fully saturated rings. The Morgan fingerprint density at radius 2 is 2.38 bits per heavy atom. The molecule has 0 spiro atoms. The molecule has 0 saturated carbocycles. The van der Waals surface area contributed by atoms with Crippen molar-refractivity contribution >= 4 is 5.97 Å². The van der Waals surface area contributed by atoms with E-state index in [9.17, 15) is 4.79 Å². The zero-order valence-electron chi connectivity index (χ0n) is 7.94. The normalized spacial score (nSPS) is 12.6. The van der Waals surface area contributed by atoms with Gasteiger partial charge in [0.15, 0.2) is 5.69 Å². The van der Waals surface area contributed by atoms with Crippen LogP contribution in [0.15, 0.2) is 6.07 Å². The Kier molecular flexibility index (Phi) is 2.67. The molecule has 5 heteroatoms. The Morgan fingerprint density at radius 3 is 2.77 bits per heavy atom. The lowest BCUT2D eigenvalue weighted by Gasteiger charge is -2.03. The van der Waals surface area contributed by atoms with Gasteiger partial charge in [-0.25, -0.2) is 4.79 Å². The lowest BCUT2D eigenvalue weighted by Crippen LogP contribution is -2.10. The molecule has 0 aliphatic carbocycles. The van der Waals surface area contributed by atoms with Crippen molar-refractivity contribution in [3.05, 3.63) is 17.5 Å². The summed E-state index contributed by atoms with van der Waals surface area (Å²) in [6, 6.07) is 1.49. The Balaban J connectivity index is 3.02. The van der Waals surface area contributed by atoms with E-state index in [1.807, 2.05) is 6.92 Å². The second kappa shape index (κ2) is 3.57. The Bertz CT molecular complexity index is 317. The highest BCUT2D eigenvalue weighted by Crippen LogP contribution is 2.10. The highest BCUT2D eigenvalue weighted by atomic mass is 16.5. The summed E-state index contributed by atoms with van der Waals surface area (Å²) in [6.45, 7) is 1.83. The van der Waals surface area contributed by atoms with Crippen LogP contribution in [0.5, 0.6) is 0 Å². The van der Waals surface area contributed by atoms with Crippen molar-refractivity contribution in [2.45, 2.75) is 13.0 Å². The maximum atomic E-state index is 11.1. The van der Waals surface area contributed by atoms with Crippen LogP contribution < -0.4 is 5.73 Å². The first-order valence-electron chi connectivity index (χ1n) is 3.94. The van der Waals surface area contributed by atoms with Gasteiger partial charge in [-0.05, 0) is 13.0 Å². The van der Waals surface area contributed by atoms with Crippen LogP contribution in [-0.4, -0.2) is 22.9 Å². The van der Waals surface area contributed by atoms with E-state index in [1.54, 1.807) is 17.8 Å². The standard InChI is InChI=1S/C8H13N3O2/c1-5(9)7-4-6(8(12)13-3)10-11(7)2/h4-5H,9H2,1-3H3/t5-/m1/s1. The van der Waals surface area contributed by atoms with Crippen LogP contribution in [0.2, 0.25) is 0 Å². The van der Waals surface area contributed by atoms with Crippen molar-refractivity contribution in [3.63, 3.8) is 0 Å². The maximum absolute atomic E-state index is 11.1. The average molecular weight is 183 g/mol. The fraction of sp³-hybridized carbons (Fsp3) is 0.500. The molecule has 0 bridgehead atoms. The van der Waals surface area contributed by atoms with Gasteiger partial charge < -0.3 is 10.5 Å². The van der Waals surface area contributed by atoms with Gasteiger partial charge in [0.1, 0.15) is 0 Å². The van der Waals surface area contributed by atoms with E-state index in [1.165, 1.54) is 7.11 Å². The molecule has 0 saturated heterocycles. The highest BCUT2D eigenvalue weighted by molar-refractivity contribution is 5.87. The number of nitrogens with zero attached hydrogens (tertiary/aromatic N) is 2. The van der Waals surface area contributed by atoms with Crippen molar-refractivity contribution in [3.8, 4) is 0 Å². The molecule has 1 rings (SSSR count). The zero-order valence-corrected chi connectivity index (χ0v) is 7.94. The molecule has 72 valence electrons. The number of hydrogen-bond donors (Lipinski definition) is 1. The minimum Gasteiger partial charge on any atom is -0.464 e. The minimum absolute atomic E-state index is 0.143. The Morgan fingerprint density at radius 1 is 1.77 bits per heavy atom. The number of aryl methyl sites for hydroxylation is 1. The number of ether oxygens (including phenoxy) is 1. The number of nitrogens with two attached hydrogens (primary N) is 1. The molecule has 0 aromatic carbocycles. The Labute approximate surface area is 76.5 Å². The third kappa shape index (κ3) is 1.86. The molecule has 1 aromatic heterocycles.